The molecule has 0 radical (unpaired) electrons. The molecule has 8 heteroatoms. The summed E-state index contributed by atoms with van der Waals surface area (Å²) in [6.07, 6.45) is 1.62. The molecule has 0 atom stereocenters. The Hall–Kier alpha value is -1.65. The van der Waals surface area contributed by atoms with E-state index < -0.39 is 0 Å². The second-order valence-corrected chi connectivity index (χ2v) is 6.27. The Morgan fingerprint density at radius 2 is 1.96 bits per heavy atom. The van der Waals surface area contributed by atoms with E-state index in [4.69, 9.17) is 9.26 Å². The summed E-state index contributed by atoms with van der Waals surface area (Å²) in [6.45, 7) is 6.74. The quantitative estimate of drug-likeness (QED) is 0.281. The van der Waals surface area contributed by atoms with Crippen molar-refractivity contribution in [2.45, 2.75) is 13.2 Å². The molecule has 0 saturated carbocycles. The number of guanidine groups is 1. The van der Waals surface area contributed by atoms with E-state index in [1.54, 1.807) is 6.26 Å². The van der Waals surface area contributed by atoms with Crippen molar-refractivity contribution in [2.75, 3.05) is 46.4 Å². The van der Waals surface area contributed by atoms with Gasteiger partial charge in [-0.25, -0.2) is 0 Å². The third-order valence-corrected chi connectivity index (χ3v) is 4.40. The molecule has 1 aliphatic heterocycles. The Morgan fingerprint density at radius 3 is 2.63 bits per heavy atom. The molecule has 0 bridgehead atoms. The minimum atomic E-state index is 0. The highest BCUT2D eigenvalue weighted by Gasteiger charge is 2.20. The van der Waals surface area contributed by atoms with Gasteiger partial charge in [-0.1, -0.05) is 35.5 Å². The van der Waals surface area contributed by atoms with Crippen LogP contribution in [0.2, 0.25) is 0 Å². The Balaban J connectivity index is 0.00000261. The normalized spacial score (nSPS) is 15.4. The number of rotatable bonds is 7. The van der Waals surface area contributed by atoms with E-state index in [-0.39, 0.29) is 24.0 Å². The number of hydrogen-bond acceptors (Lipinski definition) is 5. The van der Waals surface area contributed by atoms with Gasteiger partial charge in [0.1, 0.15) is 6.26 Å². The van der Waals surface area contributed by atoms with Crippen molar-refractivity contribution in [1.82, 2.24) is 20.3 Å². The van der Waals surface area contributed by atoms with Crippen molar-refractivity contribution in [3.05, 3.63) is 53.9 Å². The zero-order chi connectivity index (χ0) is 18.0. The van der Waals surface area contributed by atoms with Crippen LogP contribution in [-0.2, 0) is 17.9 Å². The van der Waals surface area contributed by atoms with Crippen LogP contribution >= 0.6 is 24.0 Å². The van der Waals surface area contributed by atoms with Crippen LogP contribution in [0, 0.1) is 0 Å². The van der Waals surface area contributed by atoms with Crippen molar-refractivity contribution in [3.63, 3.8) is 0 Å². The summed E-state index contributed by atoms with van der Waals surface area (Å²) in [7, 11) is 1.83. The third kappa shape index (κ3) is 7.11. The van der Waals surface area contributed by atoms with E-state index in [1.165, 1.54) is 5.56 Å². The number of nitrogens with zero attached hydrogens (tertiary/aromatic N) is 4. The first kappa shape index (κ1) is 21.6. The fraction of sp³-hybridized carbons (Fsp3) is 0.474. The molecule has 1 aromatic carbocycles. The van der Waals surface area contributed by atoms with E-state index in [9.17, 15) is 0 Å². The molecule has 0 aliphatic carbocycles. The molecule has 1 saturated heterocycles. The van der Waals surface area contributed by atoms with Crippen molar-refractivity contribution < 1.29 is 9.26 Å². The van der Waals surface area contributed by atoms with Gasteiger partial charge in [0.05, 0.1) is 18.9 Å². The van der Waals surface area contributed by atoms with Gasteiger partial charge >= 0.3 is 0 Å². The van der Waals surface area contributed by atoms with Crippen LogP contribution in [0.15, 0.2) is 52.2 Å². The van der Waals surface area contributed by atoms with E-state index in [2.05, 4.69) is 37.4 Å². The number of aromatic nitrogens is 1. The monoisotopic (exact) mass is 485 g/mol. The fourth-order valence-electron chi connectivity index (χ4n) is 3.00. The number of hydrogen-bond donors (Lipinski definition) is 1. The van der Waals surface area contributed by atoms with Crippen LogP contribution in [-0.4, -0.2) is 67.3 Å². The third-order valence-electron chi connectivity index (χ3n) is 4.40. The molecular weight excluding hydrogens is 457 g/mol. The van der Waals surface area contributed by atoms with Gasteiger partial charge in [-0.15, -0.1) is 24.0 Å². The van der Waals surface area contributed by atoms with Gasteiger partial charge in [-0.05, 0) is 5.56 Å². The standard InChI is InChI=1S/C19H27N5O2.HI/c1-20-19(21-8-14-25-16-17-5-3-2-4-6-17)24-11-9-23(10-12-24)15-18-7-13-26-22-18;/h2-7,13H,8-12,14-16H2,1H3,(H,20,21);1H. The van der Waals surface area contributed by atoms with Crippen LogP contribution in [0.5, 0.6) is 0 Å². The minimum absolute atomic E-state index is 0. The van der Waals surface area contributed by atoms with Crippen LogP contribution in [0.4, 0.5) is 0 Å². The van der Waals surface area contributed by atoms with Gasteiger partial charge in [-0.3, -0.25) is 9.89 Å². The molecule has 1 aromatic heterocycles. The molecule has 0 amide bonds. The van der Waals surface area contributed by atoms with Gasteiger partial charge in [0.2, 0.25) is 0 Å². The highest BCUT2D eigenvalue weighted by Crippen LogP contribution is 2.07. The maximum Gasteiger partial charge on any atom is 0.193 e. The first-order valence-corrected chi connectivity index (χ1v) is 9.04. The van der Waals surface area contributed by atoms with E-state index in [0.717, 1.165) is 50.9 Å². The SMILES string of the molecule is CN=C(NCCOCc1ccccc1)N1CCN(Cc2ccon2)CC1.I. The average Bonchev–Trinajstić information content (AvgIpc) is 3.19. The molecular formula is C19H28IN5O2. The lowest BCUT2D eigenvalue weighted by molar-refractivity contribution is 0.124. The van der Waals surface area contributed by atoms with Gasteiger partial charge in [0, 0.05) is 52.4 Å². The minimum Gasteiger partial charge on any atom is -0.375 e. The zero-order valence-electron chi connectivity index (χ0n) is 15.7. The van der Waals surface area contributed by atoms with Crippen molar-refractivity contribution in [2.24, 2.45) is 4.99 Å². The van der Waals surface area contributed by atoms with Crippen LogP contribution in [0.25, 0.3) is 0 Å². The number of aliphatic imine (C=N–C) groups is 1. The molecule has 148 valence electrons. The molecule has 2 aromatic rings. The predicted molar refractivity (Wildman–Crippen MR) is 116 cm³/mol. The van der Waals surface area contributed by atoms with E-state index in [1.807, 2.05) is 31.3 Å². The Morgan fingerprint density at radius 1 is 1.19 bits per heavy atom. The van der Waals surface area contributed by atoms with Crippen molar-refractivity contribution >= 4 is 29.9 Å². The lowest BCUT2D eigenvalue weighted by atomic mass is 10.2. The second kappa shape index (κ2) is 11.9. The number of benzene rings is 1. The van der Waals surface area contributed by atoms with E-state index >= 15 is 0 Å². The molecule has 1 aliphatic rings. The zero-order valence-corrected chi connectivity index (χ0v) is 18.0. The summed E-state index contributed by atoms with van der Waals surface area (Å²) < 4.78 is 10.6. The van der Waals surface area contributed by atoms with Crippen LogP contribution in [0.1, 0.15) is 11.3 Å². The molecule has 1 N–H and O–H groups in total. The molecule has 27 heavy (non-hydrogen) atoms. The second-order valence-electron chi connectivity index (χ2n) is 6.27. The lowest BCUT2D eigenvalue weighted by Crippen LogP contribution is -2.52. The first-order chi connectivity index (χ1) is 12.8. The molecule has 2 heterocycles. The predicted octanol–water partition coefficient (Wildman–Crippen LogP) is 2.20. The topological polar surface area (TPSA) is 66.1 Å². The Bertz CT molecular complexity index is 658. The fourth-order valence-corrected chi connectivity index (χ4v) is 3.00. The van der Waals surface area contributed by atoms with Crippen LogP contribution < -0.4 is 5.32 Å². The molecule has 3 rings (SSSR count). The highest BCUT2D eigenvalue weighted by molar-refractivity contribution is 14.0. The number of ether oxygens (including phenoxy) is 1. The largest absolute Gasteiger partial charge is 0.375 e. The Labute approximate surface area is 177 Å². The van der Waals surface area contributed by atoms with E-state index in [0.29, 0.717) is 13.2 Å². The molecule has 7 nitrogen and oxygen atoms in total. The van der Waals surface area contributed by atoms with Crippen molar-refractivity contribution in [1.29, 1.82) is 0 Å². The van der Waals surface area contributed by atoms with Crippen molar-refractivity contribution in [3.8, 4) is 0 Å². The number of piperazine rings is 1. The van der Waals surface area contributed by atoms with Gasteiger partial charge < -0.3 is 19.5 Å². The first-order valence-electron chi connectivity index (χ1n) is 9.04. The summed E-state index contributed by atoms with van der Waals surface area (Å²) >= 11 is 0. The van der Waals surface area contributed by atoms with Crippen LogP contribution in [0.3, 0.4) is 0 Å². The summed E-state index contributed by atoms with van der Waals surface area (Å²) in [6, 6.07) is 12.1. The number of halogens is 1. The molecule has 1 fully saturated rings. The summed E-state index contributed by atoms with van der Waals surface area (Å²) in [5, 5.41) is 7.37. The summed E-state index contributed by atoms with van der Waals surface area (Å²) in [5.74, 6) is 0.939. The lowest BCUT2D eigenvalue weighted by Gasteiger charge is -2.36. The van der Waals surface area contributed by atoms with Gasteiger partial charge in [0.15, 0.2) is 5.96 Å². The smallest absolute Gasteiger partial charge is 0.193 e. The maximum atomic E-state index is 5.72. The average molecular weight is 485 g/mol. The highest BCUT2D eigenvalue weighted by atomic mass is 127. The molecule has 0 unspecified atom stereocenters. The Kier molecular flexibility index (Phi) is 9.57. The number of nitrogens with one attached hydrogen (secondary N) is 1. The summed E-state index contributed by atoms with van der Waals surface area (Å²) in [4.78, 5) is 9.07. The maximum absolute atomic E-state index is 5.72. The van der Waals surface area contributed by atoms with Gasteiger partial charge in [-0.2, -0.15) is 0 Å². The van der Waals surface area contributed by atoms with Gasteiger partial charge in [0.25, 0.3) is 0 Å². The molecule has 0 spiro atoms. The summed E-state index contributed by atoms with van der Waals surface area (Å²) in [5.41, 5.74) is 2.18.